The highest BCUT2D eigenvalue weighted by atomic mass is 35.5. The molecular formula is C16H19ClN4O5. The summed E-state index contributed by atoms with van der Waals surface area (Å²) in [5.74, 6) is -1.75. The van der Waals surface area contributed by atoms with Crippen molar-refractivity contribution in [2.24, 2.45) is 0 Å². The largest absolute Gasteiger partial charge is 0.451 e. The summed E-state index contributed by atoms with van der Waals surface area (Å²) in [4.78, 5) is 52.8. The molecule has 0 spiro atoms. The van der Waals surface area contributed by atoms with E-state index in [0.29, 0.717) is 11.4 Å². The second-order valence-corrected chi connectivity index (χ2v) is 6.43. The van der Waals surface area contributed by atoms with Crippen LogP contribution in [-0.2, 0) is 19.1 Å². The molecule has 0 aromatic carbocycles. The Balaban J connectivity index is 1.90. The van der Waals surface area contributed by atoms with Crippen LogP contribution in [0.1, 0.15) is 27.2 Å². The molecule has 1 aliphatic rings. The molecule has 0 aliphatic carbocycles. The van der Waals surface area contributed by atoms with Crippen LogP contribution in [0, 0.1) is 0 Å². The van der Waals surface area contributed by atoms with Crippen molar-refractivity contribution in [3.8, 4) is 0 Å². The fraction of sp³-hybridized carbons (Fsp3) is 0.438. The minimum atomic E-state index is -1.14. The summed E-state index contributed by atoms with van der Waals surface area (Å²) < 4.78 is 4.99. The lowest BCUT2D eigenvalue weighted by Gasteiger charge is -2.19. The summed E-state index contributed by atoms with van der Waals surface area (Å²) in [6.07, 6.45) is 0.602. The lowest BCUT2D eigenvalue weighted by Crippen LogP contribution is -2.44. The number of pyridine rings is 1. The van der Waals surface area contributed by atoms with E-state index in [1.54, 1.807) is 19.9 Å². The third kappa shape index (κ3) is 4.29. The fourth-order valence-corrected chi connectivity index (χ4v) is 2.34. The number of esters is 1. The minimum Gasteiger partial charge on any atom is -0.451 e. The van der Waals surface area contributed by atoms with Gasteiger partial charge in [-0.05, 0) is 32.4 Å². The Labute approximate surface area is 155 Å². The Morgan fingerprint density at radius 2 is 2.12 bits per heavy atom. The zero-order valence-electron chi connectivity index (χ0n) is 14.5. The van der Waals surface area contributed by atoms with Gasteiger partial charge in [0.25, 0.3) is 11.8 Å². The van der Waals surface area contributed by atoms with Crippen LogP contribution in [0.15, 0.2) is 18.3 Å². The summed E-state index contributed by atoms with van der Waals surface area (Å²) >= 11 is 5.71. The molecule has 1 saturated heterocycles. The summed E-state index contributed by atoms with van der Waals surface area (Å²) in [6.45, 7) is 4.12. The van der Waals surface area contributed by atoms with E-state index in [-0.39, 0.29) is 5.82 Å². The molecule has 1 aliphatic heterocycles. The maximum Gasteiger partial charge on any atom is 0.327 e. The lowest BCUT2D eigenvalue weighted by molar-refractivity contribution is -0.155. The molecule has 0 radical (unpaired) electrons. The van der Waals surface area contributed by atoms with Crippen molar-refractivity contribution in [3.05, 3.63) is 23.4 Å². The van der Waals surface area contributed by atoms with Crippen molar-refractivity contribution >= 4 is 41.2 Å². The average molecular weight is 383 g/mol. The molecule has 1 aromatic rings. The zero-order chi connectivity index (χ0) is 19.5. The number of anilines is 1. The van der Waals surface area contributed by atoms with Crippen LogP contribution in [0.2, 0.25) is 5.02 Å². The molecule has 0 saturated carbocycles. The lowest BCUT2D eigenvalue weighted by atomic mass is 9.99. The number of urea groups is 1. The van der Waals surface area contributed by atoms with Crippen LogP contribution in [0.4, 0.5) is 10.6 Å². The Morgan fingerprint density at radius 1 is 1.42 bits per heavy atom. The van der Waals surface area contributed by atoms with Crippen molar-refractivity contribution < 1.29 is 23.9 Å². The van der Waals surface area contributed by atoms with Crippen LogP contribution < -0.4 is 10.6 Å². The molecule has 0 unspecified atom stereocenters. The number of nitrogens with one attached hydrogen (secondary N) is 2. The predicted octanol–water partition coefficient (Wildman–Crippen LogP) is 1.33. The van der Waals surface area contributed by atoms with Crippen LogP contribution in [0.5, 0.6) is 0 Å². The molecule has 140 valence electrons. The number of amides is 4. The number of halogens is 1. The highest BCUT2D eigenvalue weighted by molar-refractivity contribution is 6.30. The molecule has 1 fully saturated rings. The van der Waals surface area contributed by atoms with E-state index in [1.807, 2.05) is 0 Å². The van der Waals surface area contributed by atoms with Gasteiger partial charge in [-0.25, -0.2) is 9.78 Å². The van der Waals surface area contributed by atoms with Crippen LogP contribution >= 0.6 is 11.6 Å². The van der Waals surface area contributed by atoms with Crippen molar-refractivity contribution in [2.45, 2.75) is 38.8 Å². The topological polar surface area (TPSA) is 118 Å². The highest BCUT2D eigenvalue weighted by Crippen LogP contribution is 2.20. The first-order valence-corrected chi connectivity index (χ1v) is 8.30. The van der Waals surface area contributed by atoms with E-state index in [4.69, 9.17) is 16.3 Å². The highest BCUT2D eigenvalue weighted by Gasteiger charge is 2.47. The number of imide groups is 1. The summed E-state index contributed by atoms with van der Waals surface area (Å²) in [5.41, 5.74) is -1.04. The molecule has 1 aromatic heterocycles. The molecule has 9 nitrogen and oxygen atoms in total. The summed E-state index contributed by atoms with van der Waals surface area (Å²) in [7, 11) is 0. The Morgan fingerprint density at radius 3 is 2.65 bits per heavy atom. The van der Waals surface area contributed by atoms with Gasteiger partial charge >= 0.3 is 12.0 Å². The number of carbonyl (C=O) groups is 4. The number of aromatic nitrogens is 1. The van der Waals surface area contributed by atoms with Crippen LogP contribution in [0.3, 0.4) is 0 Å². The molecule has 10 heteroatoms. The molecule has 2 heterocycles. The van der Waals surface area contributed by atoms with Gasteiger partial charge in [-0.2, -0.15) is 0 Å². The molecule has 2 rings (SSSR count). The Hall–Kier alpha value is -2.68. The maximum absolute atomic E-state index is 12.2. The Bertz CT molecular complexity index is 739. The van der Waals surface area contributed by atoms with Gasteiger partial charge in [-0.3, -0.25) is 19.3 Å². The fourth-order valence-electron chi connectivity index (χ4n) is 2.22. The van der Waals surface area contributed by atoms with Crippen molar-refractivity contribution in [3.63, 3.8) is 0 Å². The smallest absolute Gasteiger partial charge is 0.327 e. The average Bonchev–Trinajstić information content (AvgIpc) is 2.80. The number of rotatable bonds is 6. The number of hydrogen-bond acceptors (Lipinski definition) is 6. The van der Waals surface area contributed by atoms with Gasteiger partial charge in [-0.15, -0.1) is 0 Å². The molecular weight excluding hydrogens is 364 g/mol. The summed E-state index contributed by atoms with van der Waals surface area (Å²) in [5, 5.41) is 5.40. The molecule has 26 heavy (non-hydrogen) atoms. The SMILES string of the molecule is CC[C@]1(C)NC(=O)N(CC(=O)O[C@@H](C)C(=O)Nc2ccc(Cl)cn2)C1=O. The quantitative estimate of drug-likeness (QED) is 0.566. The first-order chi connectivity index (χ1) is 12.2. The van der Waals surface area contributed by atoms with Gasteiger partial charge in [0.2, 0.25) is 0 Å². The molecule has 4 amide bonds. The number of ether oxygens (including phenoxy) is 1. The maximum atomic E-state index is 12.2. The third-order valence-corrected chi connectivity index (χ3v) is 4.22. The van der Waals surface area contributed by atoms with Gasteiger partial charge in [0.1, 0.15) is 17.9 Å². The number of hydrogen-bond donors (Lipinski definition) is 2. The van der Waals surface area contributed by atoms with Crippen molar-refractivity contribution in [2.75, 3.05) is 11.9 Å². The van der Waals surface area contributed by atoms with Crippen LogP contribution in [-0.4, -0.2) is 51.9 Å². The van der Waals surface area contributed by atoms with Crippen LogP contribution in [0.25, 0.3) is 0 Å². The number of nitrogens with zero attached hydrogens (tertiary/aromatic N) is 2. The standard InChI is InChI=1S/C16H19ClN4O5/c1-4-16(3)14(24)21(15(25)20-16)8-12(22)26-9(2)13(23)19-11-6-5-10(17)7-18-11/h5-7,9H,4,8H2,1-3H3,(H,20,25)(H,18,19,23)/t9-,16-/m0/s1. The van der Waals surface area contributed by atoms with E-state index in [9.17, 15) is 19.2 Å². The third-order valence-electron chi connectivity index (χ3n) is 4.00. The Kier molecular flexibility index (Phi) is 5.81. The molecule has 2 N–H and O–H groups in total. The normalized spacial score (nSPS) is 20.5. The monoisotopic (exact) mass is 382 g/mol. The number of carbonyl (C=O) groups excluding carboxylic acids is 4. The van der Waals surface area contributed by atoms with Gasteiger partial charge in [-0.1, -0.05) is 18.5 Å². The second-order valence-electron chi connectivity index (χ2n) is 5.99. The first-order valence-electron chi connectivity index (χ1n) is 7.92. The van der Waals surface area contributed by atoms with E-state index in [0.717, 1.165) is 4.90 Å². The van der Waals surface area contributed by atoms with Gasteiger partial charge in [0.05, 0.1) is 5.02 Å². The van der Waals surface area contributed by atoms with Gasteiger partial charge in [0.15, 0.2) is 6.10 Å². The molecule has 0 bridgehead atoms. The van der Waals surface area contributed by atoms with Crippen molar-refractivity contribution in [1.82, 2.24) is 15.2 Å². The molecule has 2 atom stereocenters. The van der Waals surface area contributed by atoms with Crippen molar-refractivity contribution in [1.29, 1.82) is 0 Å². The first kappa shape index (κ1) is 19.6. The zero-order valence-corrected chi connectivity index (χ0v) is 15.3. The van der Waals surface area contributed by atoms with E-state index in [1.165, 1.54) is 19.2 Å². The van der Waals surface area contributed by atoms with E-state index in [2.05, 4.69) is 15.6 Å². The van der Waals surface area contributed by atoms with E-state index >= 15 is 0 Å². The summed E-state index contributed by atoms with van der Waals surface area (Å²) in [6, 6.07) is 2.37. The second kappa shape index (κ2) is 7.69. The van der Waals surface area contributed by atoms with E-state index < -0.39 is 42.0 Å². The minimum absolute atomic E-state index is 0.245. The van der Waals surface area contributed by atoms with Gasteiger partial charge in [0, 0.05) is 6.20 Å². The van der Waals surface area contributed by atoms with Gasteiger partial charge < -0.3 is 15.4 Å². The predicted molar refractivity (Wildman–Crippen MR) is 92.4 cm³/mol.